The number of rotatable bonds is 1. The van der Waals surface area contributed by atoms with Gasteiger partial charge in [0, 0.05) is 11.8 Å². The summed E-state index contributed by atoms with van der Waals surface area (Å²) in [5, 5.41) is 0. The smallest absolute Gasteiger partial charge is 0.222 e. The van der Waals surface area contributed by atoms with E-state index in [9.17, 15) is 4.39 Å². The van der Waals surface area contributed by atoms with Gasteiger partial charge in [0.05, 0.1) is 12.3 Å². The molecule has 0 unspecified atom stereocenters. The van der Waals surface area contributed by atoms with Crippen molar-refractivity contribution in [3.8, 4) is 11.3 Å². The maximum atomic E-state index is 13.5. The van der Waals surface area contributed by atoms with Gasteiger partial charge in [-0.1, -0.05) is 11.6 Å². The Morgan fingerprint density at radius 1 is 1.31 bits per heavy atom. The quantitative estimate of drug-likeness (QED) is 0.658. The molecule has 1 aromatic carbocycles. The molecule has 0 aliphatic heterocycles. The van der Waals surface area contributed by atoms with Crippen LogP contribution in [0.15, 0.2) is 36.5 Å². The van der Waals surface area contributed by atoms with Gasteiger partial charge in [-0.15, -0.1) is 0 Å². The Balaban J connectivity index is 2.60. The molecule has 0 spiro atoms. The second-order valence-electron chi connectivity index (χ2n) is 3.45. The van der Waals surface area contributed by atoms with E-state index in [0.29, 0.717) is 0 Å². The fourth-order valence-corrected chi connectivity index (χ4v) is 1.55. The van der Waals surface area contributed by atoms with Gasteiger partial charge < -0.3 is 0 Å². The lowest BCUT2D eigenvalue weighted by Crippen LogP contribution is -1.88. The number of halogens is 1. The number of nitrogens with zero attached hydrogens (tertiary/aromatic N) is 2. The van der Waals surface area contributed by atoms with Gasteiger partial charge in [0.2, 0.25) is 5.69 Å². The van der Waals surface area contributed by atoms with Crippen molar-refractivity contribution in [3.63, 3.8) is 0 Å². The molecule has 2 rings (SSSR count). The molecule has 0 fully saturated rings. The standard InChI is InChI=1S/C13H9FN2/c1-9-7-13(15-2)11(14)8-10(9)12-5-3-4-6-16-12/h3-8H,1H3. The summed E-state index contributed by atoms with van der Waals surface area (Å²) in [5.41, 5.74) is 2.35. The predicted octanol–water partition coefficient (Wildman–Crippen LogP) is 3.75. The minimum atomic E-state index is -0.499. The van der Waals surface area contributed by atoms with Crippen molar-refractivity contribution in [2.75, 3.05) is 0 Å². The van der Waals surface area contributed by atoms with Crippen molar-refractivity contribution in [3.05, 3.63) is 59.3 Å². The van der Waals surface area contributed by atoms with Crippen molar-refractivity contribution in [2.24, 2.45) is 0 Å². The zero-order valence-electron chi connectivity index (χ0n) is 8.74. The maximum absolute atomic E-state index is 13.5. The summed E-state index contributed by atoms with van der Waals surface area (Å²) in [5.74, 6) is -0.499. The second kappa shape index (κ2) is 4.11. The number of benzene rings is 1. The minimum absolute atomic E-state index is 0.0529. The maximum Gasteiger partial charge on any atom is 0.222 e. The molecule has 0 bridgehead atoms. The highest BCUT2D eigenvalue weighted by Crippen LogP contribution is 2.28. The van der Waals surface area contributed by atoms with Crippen molar-refractivity contribution < 1.29 is 4.39 Å². The summed E-state index contributed by atoms with van der Waals surface area (Å²) >= 11 is 0. The van der Waals surface area contributed by atoms with Crippen LogP contribution in [-0.4, -0.2) is 4.98 Å². The Morgan fingerprint density at radius 3 is 2.75 bits per heavy atom. The lowest BCUT2D eigenvalue weighted by Gasteiger charge is -2.06. The van der Waals surface area contributed by atoms with E-state index in [-0.39, 0.29) is 5.69 Å². The van der Waals surface area contributed by atoms with E-state index in [0.717, 1.165) is 16.8 Å². The molecular formula is C13H9FN2. The van der Waals surface area contributed by atoms with Gasteiger partial charge in [0.25, 0.3) is 0 Å². The van der Waals surface area contributed by atoms with Crippen molar-refractivity contribution in [1.82, 2.24) is 4.98 Å². The van der Waals surface area contributed by atoms with Gasteiger partial charge in [0.15, 0.2) is 0 Å². The van der Waals surface area contributed by atoms with Gasteiger partial charge in [-0.25, -0.2) is 9.24 Å². The highest BCUT2D eigenvalue weighted by molar-refractivity contribution is 5.67. The highest BCUT2D eigenvalue weighted by Gasteiger charge is 2.09. The molecule has 0 N–H and O–H groups in total. The molecule has 3 heteroatoms. The Morgan fingerprint density at radius 2 is 2.12 bits per heavy atom. The van der Waals surface area contributed by atoms with Crippen LogP contribution in [0.4, 0.5) is 10.1 Å². The molecular weight excluding hydrogens is 203 g/mol. The Kier molecular flexibility index (Phi) is 2.65. The van der Waals surface area contributed by atoms with E-state index in [2.05, 4.69) is 9.83 Å². The van der Waals surface area contributed by atoms with Gasteiger partial charge in [-0.3, -0.25) is 4.98 Å². The second-order valence-corrected chi connectivity index (χ2v) is 3.45. The largest absolute Gasteiger partial charge is 0.256 e. The van der Waals surface area contributed by atoms with E-state index < -0.39 is 5.82 Å². The number of pyridine rings is 1. The third-order valence-corrected chi connectivity index (χ3v) is 2.36. The summed E-state index contributed by atoms with van der Waals surface area (Å²) in [7, 11) is 0. The Bertz CT molecular complexity index is 556. The van der Waals surface area contributed by atoms with Crippen LogP contribution in [0.25, 0.3) is 16.1 Å². The predicted molar refractivity (Wildman–Crippen MR) is 60.6 cm³/mol. The average Bonchev–Trinajstić information content (AvgIpc) is 2.32. The van der Waals surface area contributed by atoms with E-state index in [4.69, 9.17) is 6.57 Å². The molecule has 1 heterocycles. The molecule has 16 heavy (non-hydrogen) atoms. The third kappa shape index (κ3) is 1.78. The van der Waals surface area contributed by atoms with Gasteiger partial charge in [-0.2, -0.15) is 0 Å². The first kappa shape index (κ1) is 10.3. The lowest BCUT2D eigenvalue weighted by molar-refractivity contribution is 0.633. The first-order valence-corrected chi connectivity index (χ1v) is 4.81. The SMILES string of the molecule is [C-]#[N+]c1cc(C)c(-c2ccccn2)cc1F. The zero-order valence-corrected chi connectivity index (χ0v) is 8.74. The van der Waals surface area contributed by atoms with E-state index in [1.54, 1.807) is 12.3 Å². The zero-order chi connectivity index (χ0) is 11.5. The minimum Gasteiger partial charge on any atom is -0.256 e. The summed E-state index contributed by atoms with van der Waals surface area (Å²) in [6.45, 7) is 8.67. The van der Waals surface area contributed by atoms with Crippen LogP contribution in [0.2, 0.25) is 0 Å². The normalized spacial score (nSPS) is 9.81. The van der Waals surface area contributed by atoms with Crippen molar-refractivity contribution >= 4 is 5.69 Å². The van der Waals surface area contributed by atoms with Crippen LogP contribution in [0, 0.1) is 19.3 Å². The number of aromatic nitrogens is 1. The molecule has 0 aliphatic rings. The molecule has 0 atom stereocenters. The van der Waals surface area contributed by atoms with Crippen LogP contribution in [0.3, 0.4) is 0 Å². The van der Waals surface area contributed by atoms with Gasteiger partial charge >= 0.3 is 0 Å². The van der Waals surface area contributed by atoms with E-state index in [1.807, 2.05) is 25.1 Å². The highest BCUT2D eigenvalue weighted by atomic mass is 19.1. The number of hydrogen-bond acceptors (Lipinski definition) is 1. The molecule has 2 aromatic rings. The summed E-state index contributed by atoms with van der Waals surface area (Å²) < 4.78 is 13.5. The lowest BCUT2D eigenvalue weighted by atomic mass is 10.0. The number of hydrogen-bond donors (Lipinski definition) is 0. The van der Waals surface area contributed by atoms with Crippen LogP contribution in [0.5, 0.6) is 0 Å². The van der Waals surface area contributed by atoms with Crippen LogP contribution in [0.1, 0.15) is 5.56 Å². The molecule has 2 nitrogen and oxygen atoms in total. The molecule has 0 saturated heterocycles. The van der Waals surface area contributed by atoms with Crippen LogP contribution >= 0.6 is 0 Å². The van der Waals surface area contributed by atoms with E-state index in [1.165, 1.54) is 6.07 Å². The van der Waals surface area contributed by atoms with Crippen LogP contribution in [-0.2, 0) is 0 Å². The van der Waals surface area contributed by atoms with Gasteiger partial charge in [0.1, 0.15) is 5.82 Å². The molecule has 0 amide bonds. The summed E-state index contributed by atoms with van der Waals surface area (Å²) in [6.07, 6.45) is 1.66. The molecule has 0 saturated carbocycles. The fraction of sp³-hybridized carbons (Fsp3) is 0.0769. The molecule has 78 valence electrons. The van der Waals surface area contributed by atoms with Crippen molar-refractivity contribution in [1.29, 1.82) is 0 Å². The Labute approximate surface area is 93.2 Å². The summed E-state index contributed by atoms with van der Waals surface area (Å²) in [4.78, 5) is 7.28. The molecule has 0 radical (unpaired) electrons. The first-order chi connectivity index (χ1) is 7.72. The van der Waals surface area contributed by atoms with Crippen molar-refractivity contribution in [2.45, 2.75) is 6.92 Å². The average molecular weight is 212 g/mol. The van der Waals surface area contributed by atoms with Crippen LogP contribution < -0.4 is 0 Å². The first-order valence-electron chi connectivity index (χ1n) is 4.81. The molecule has 0 aliphatic carbocycles. The Hall–Kier alpha value is -2.21. The van der Waals surface area contributed by atoms with Gasteiger partial charge in [-0.05, 0) is 31.2 Å². The fourth-order valence-electron chi connectivity index (χ4n) is 1.55. The monoisotopic (exact) mass is 212 g/mol. The van der Waals surface area contributed by atoms with E-state index >= 15 is 0 Å². The number of aryl methyl sites for hydroxylation is 1. The topological polar surface area (TPSA) is 17.2 Å². The summed E-state index contributed by atoms with van der Waals surface area (Å²) in [6, 6.07) is 8.39. The molecule has 1 aromatic heterocycles. The third-order valence-electron chi connectivity index (χ3n) is 2.36.